The second kappa shape index (κ2) is 6.76. The van der Waals surface area contributed by atoms with Crippen molar-refractivity contribution in [3.8, 4) is 5.75 Å². The van der Waals surface area contributed by atoms with E-state index >= 15 is 0 Å². The minimum Gasteiger partial charge on any atom is -0.497 e. The lowest BCUT2D eigenvalue weighted by Gasteiger charge is -2.21. The third-order valence-corrected chi connectivity index (χ3v) is 3.72. The van der Waals surface area contributed by atoms with E-state index in [1.54, 1.807) is 7.11 Å². The van der Waals surface area contributed by atoms with Crippen LogP contribution >= 0.6 is 0 Å². The van der Waals surface area contributed by atoms with Crippen molar-refractivity contribution in [3.05, 3.63) is 46.8 Å². The maximum atomic E-state index is 5.31. The number of aryl methyl sites for hydroxylation is 3. The van der Waals surface area contributed by atoms with Crippen LogP contribution in [-0.4, -0.2) is 23.4 Å². The van der Waals surface area contributed by atoms with E-state index in [0.717, 1.165) is 24.4 Å². The fraction of sp³-hybridized carbons (Fsp3) is 0.471. The molecule has 1 N–H and O–H groups in total. The van der Waals surface area contributed by atoms with E-state index in [4.69, 9.17) is 4.74 Å². The van der Waals surface area contributed by atoms with Crippen molar-refractivity contribution < 1.29 is 4.74 Å². The van der Waals surface area contributed by atoms with Gasteiger partial charge < -0.3 is 10.1 Å². The number of nitrogens with one attached hydrogen (secondary N) is 1. The molecule has 0 aliphatic rings. The van der Waals surface area contributed by atoms with Crippen molar-refractivity contribution in [2.45, 2.75) is 33.2 Å². The zero-order valence-electron chi connectivity index (χ0n) is 13.6. The highest BCUT2D eigenvalue weighted by Gasteiger charge is 2.19. The van der Waals surface area contributed by atoms with Crippen LogP contribution < -0.4 is 10.1 Å². The van der Waals surface area contributed by atoms with Gasteiger partial charge in [-0.2, -0.15) is 5.10 Å². The lowest BCUT2D eigenvalue weighted by Crippen LogP contribution is -2.26. The van der Waals surface area contributed by atoms with Gasteiger partial charge in [-0.15, -0.1) is 0 Å². The third kappa shape index (κ3) is 3.45. The summed E-state index contributed by atoms with van der Waals surface area (Å²) in [5.74, 6) is 0.895. The van der Waals surface area contributed by atoms with Crippen molar-refractivity contribution >= 4 is 0 Å². The highest BCUT2D eigenvalue weighted by molar-refractivity contribution is 5.40. The van der Waals surface area contributed by atoms with Crippen LogP contribution in [-0.2, 0) is 7.05 Å². The van der Waals surface area contributed by atoms with E-state index in [-0.39, 0.29) is 6.04 Å². The first-order chi connectivity index (χ1) is 10.1. The van der Waals surface area contributed by atoms with Crippen LogP contribution in [0.2, 0.25) is 0 Å². The molecule has 0 fully saturated rings. The Bertz CT molecular complexity index is 604. The normalized spacial score (nSPS) is 12.4. The molecule has 0 aliphatic carbocycles. The predicted octanol–water partition coefficient (Wildman–Crippen LogP) is 3.13. The van der Waals surface area contributed by atoms with Crippen LogP contribution in [0, 0.1) is 13.8 Å². The first-order valence-corrected chi connectivity index (χ1v) is 7.45. The molecule has 1 heterocycles. The summed E-state index contributed by atoms with van der Waals surface area (Å²) in [6.45, 7) is 7.31. The van der Waals surface area contributed by atoms with Crippen molar-refractivity contribution in [3.63, 3.8) is 0 Å². The molecule has 0 bridgehead atoms. The summed E-state index contributed by atoms with van der Waals surface area (Å²) >= 11 is 0. The Hall–Kier alpha value is -1.81. The molecule has 0 spiro atoms. The molecule has 0 aliphatic heterocycles. The summed E-state index contributed by atoms with van der Waals surface area (Å²) in [5, 5.41) is 8.11. The molecule has 4 heteroatoms. The van der Waals surface area contributed by atoms with Gasteiger partial charge in [0.15, 0.2) is 0 Å². The Morgan fingerprint density at radius 2 is 2.05 bits per heavy atom. The van der Waals surface area contributed by atoms with E-state index in [1.807, 2.05) is 24.7 Å². The average Bonchev–Trinajstić information content (AvgIpc) is 2.79. The van der Waals surface area contributed by atoms with Gasteiger partial charge in [-0.1, -0.05) is 13.0 Å². The number of hydrogen-bond acceptors (Lipinski definition) is 3. The first-order valence-electron chi connectivity index (χ1n) is 7.45. The fourth-order valence-electron chi connectivity index (χ4n) is 2.66. The molecule has 0 amide bonds. The Morgan fingerprint density at radius 3 is 2.57 bits per heavy atom. The smallest absolute Gasteiger partial charge is 0.119 e. The van der Waals surface area contributed by atoms with Crippen LogP contribution in [0.1, 0.15) is 41.9 Å². The summed E-state index contributed by atoms with van der Waals surface area (Å²) in [7, 11) is 3.70. The standard InChI is InChI=1S/C17H25N3O/c1-6-9-18-17(16-11-13(3)19-20(16)4)15-8-7-14(21-5)10-12(15)2/h7-8,10-11,17-18H,6,9H2,1-5H3. The molecule has 0 saturated carbocycles. The lowest BCUT2D eigenvalue weighted by atomic mass is 9.98. The highest BCUT2D eigenvalue weighted by Crippen LogP contribution is 2.27. The zero-order valence-corrected chi connectivity index (χ0v) is 13.6. The SMILES string of the molecule is CCCNC(c1ccc(OC)cc1C)c1cc(C)nn1C. The molecule has 1 atom stereocenters. The minimum absolute atomic E-state index is 0.155. The molecule has 0 radical (unpaired) electrons. The van der Waals surface area contributed by atoms with Gasteiger partial charge in [0.1, 0.15) is 5.75 Å². The second-order valence-electron chi connectivity index (χ2n) is 5.44. The average molecular weight is 287 g/mol. The van der Waals surface area contributed by atoms with Gasteiger partial charge in [-0.25, -0.2) is 0 Å². The van der Waals surface area contributed by atoms with Gasteiger partial charge in [-0.3, -0.25) is 4.68 Å². The maximum absolute atomic E-state index is 5.31. The number of methoxy groups -OCH3 is 1. The van der Waals surface area contributed by atoms with Gasteiger partial charge in [-0.05, 0) is 56.1 Å². The van der Waals surface area contributed by atoms with Gasteiger partial charge in [0, 0.05) is 7.05 Å². The van der Waals surface area contributed by atoms with Crippen LogP contribution in [0.4, 0.5) is 0 Å². The zero-order chi connectivity index (χ0) is 15.4. The van der Waals surface area contributed by atoms with Gasteiger partial charge in [0.2, 0.25) is 0 Å². The predicted molar refractivity (Wildman–Crippen MR) is 85.8 cm³/mol. The molecule has 1 aromatic heterocycles. The molecular weight excluding hydrogens is 262 g/mol. The fourth-order valence-corrected chi connectivity index (χ4v) is 2.66. The maximum Gasteiger partial charge on any atom is 0.119 e. The Labute approximate surface area is 127 Å². The van der Waals surface area contributed by atoms with E-state index in [9.17, 15) is 0 Å². The number of aromatic nitrogens is 2. The third-order valence-electron chi connectivity index (χ3n) is 3.72. The summed E-state index contributed by atoms with van der Waals surface area (Å²) in [6.07, 6.45) is 1.10. The van der Waals surface area contributed by atoms with Gasteiger partial charge in [0.05, 0.1) is 24.5 Å². The highest BCUT2D eigenvalue weighted by atomic mass is 16.5. The quantitative estimate of drug-likeness (QED) is 0.887. The summed E-state index contributed by atoms with van der Waals surface area (Å²) in [6, 6.07) is 8.55. The summed E-state index contributed by atoms with van der Waals surface area (Å²) < 4.78 is 7.27. The number of hydrogen-bond donors (Lipinski definition) is 1. The molecule has 0 saturated heterocycles. The van der Waals surface area contributed by atoms with E-state index in [0.29, 0.717) is 0 Å². The molecule has 1 unspecified atom stereocenters. The molecule has 2 aromatic rings. The van der Waals surface area contributed by atoms with E-state index in [2.05, 4.69) is 42.5 Å². The van der Waals surface area contributed by atoms with Crippen molar-refractivity contribution in [2.75, 3.05) is 13.7 Å². The monoisotopic (exact) mass is 287 g/mol. The van der Waals surface area contributed by atoms with Crippen LogP contribution in [0.3, 0.4) is 0 Å². The number of ether oxygens (including phenoxy) is 1. The Kier molecular flexibility index (Phi) is 5.02. The van der Waals surface area contributed by atoms with E-state index < -0.39 is 0 Å². The second-order valence-corrected chi connectivity index (χ2v) is 5.44. The Balaban J connectivity index is 2.42. The van der Waals surface area contributed by atoms with Crippen LogP contribution in [0.25, 0.3) is 0 Å². The number of benzene rings is 1. The van der Waals surface area contributed by atoms with Crippen molar-refractivity contribution in [1.82, 2.24) is 15.1 Å². The van der Waals surface area contributed by atoms with Crippen molar-refractivity contribution in [1.29, 1.82) is 0 Å². The van der Waals surface area contributed by atoms with Gasteiger partial charge >= 0.3 is 0 Å². The van der Waals surface area contributed by atoms with Crippen molar-refractivity contribution in [2.24, 2.45) is 7.05 Å². The topological polar surface area (TPSA) is 39.1 Å². The van der Waals surface area contributed by atoms with Crippen LogP contribution in [0.15, 0.2) is 24.3 Å². The number of nitrogens with zero attached hydrogens (tertiary/aromatic N) is 2. The molecule has 2 rings (SSSR count). The largest absolute Gasteiger partial charge is 0.497 e. The first kappa shape index (κ1) is 15.6. The molecule has 4 nitrogen and oxygen atoms in total. The molecule has 114 valence electrons. The molecular formula is C17H25N3O. The summed E-state index contributed by atoms with van der Waals surface area (Å²) in [5.41, 5.74) is 4.73. The summed E-state index contributed by atoms with van der Waals surface area (Å²) in [4.78, 5) is 0. The van der Waals surface area contributed by atoms with E-state index in [1.165, 1.54) is 16.8 Å². The lowest BCUT2D eigenvalue weighted by molar-refractivity contribution is 0.414. The Morgan fingerprint density at radius 1 is 1.29 bits per heavy atom. The number of rotatable bonds is 6. The van der Waals surface area contributed by atoms with Crippen LogP contribution in [0.5, 0.6) is 5.75 Å². The minimum atomic E-state index is 0.155. The van der Waals surface area contributed by atoms with Gasteiger partial charge in [0.25, 0.3) is 0 Å². The molecule has 1 aromatic carbocycles. The molecule has 21 heavy (non-hydrogen) atoms.